The van der Waals surface area contributed by atoms with Gasteiger partial charge in [-0.15, -0.1) is 0 Å². The third kappa shape index (κ3) is 10.3. The molecule has 27 heavy (non-hydrogen) atoms. The van der Waals surface area contributed by atoms with Crippen molar-refractivity contribution in [2.24, 2.45) is 0 Å². The maximum absolute atomic E-state index is 12.1. The summed E-state index contributed by atoms with van der Waals surface area (Å²) in [7, 11) is -3.78. The Morgan fingerprint density at radius 3 is 2.22 bits per heavy atom. The second-order valence-electron chi connectivity index (χ2n) is 6.70. The summed E-state index contributed by atoms with van der Waals surface area (Å²) in [6, 6.07) is 6.63. The average Bonchev–Trinajstić information content (AvgIpc) is 2.55. The van der Waals surface area contributed by atoms with Gasteiger partial charge in [0.15, 0.2) is 0 Å². The fraction of sp³-hybridized carbons (Fsp3) is 0.611. The molecule has 0 aliphatic carbocycles. The molecule has 1 aromatic rings. The van der Waals surface area contributed by atoms with Crippen molar-refractivity contribution in [2.45, 2.75) is 38.2 Å². The molecular formula is C18H29NO7S. The highest BCUT2D eigenvalue weighted by Gasteiger charge is 2.17. The fourth-order valence-corrected chi connectivity index (χ4v) is 3.09. The largest absolute Gasteiger partial charge is 0.444 e. The molecule has 0 aromatic heterocycles. The van der Waals surface area contributed by atoms with Gasteiger partial charge in [0.25, 0.3) is 10.1 Å². The van der Waals surface area contributed by atoms with Gasteiger partial charge in [0.2, 0.25) is 0 Å². The molecule has 1 aromatic carbocycles. The summed E-state index contributed by atoms with van der Waals surface area (Å²) in [5.74, 6) is 0. The van der Waals surface area contributed by atoms with E-state index in [-0.39, 0.29) is 18.1 Å². The van der Waals surface area contributed by atoms with E-state index in [1.165, 1.54) is 6.07 Å². The smallest absolute Gasteiger partial charge is 0.407 e. The summed E-state index contributed by atoms with van der Waals surface area (Å²) in [6.07, 6.45) is -0.491. The topological polar surface area (TPSA) is 100 Å². The van der Waals surface area contributed by atoms with Crippen LogP contribution in [0, 0.1) is 6.92 Å². The predicted molar refractivity (Wildman–Crippen MR) is 100 cm³/mol. The van der Waals surface area contributed by atoms with E-state index in [9.17, 15) is 13.2 Å². The van der Waals surface area contributed by atoms with E-state index in [1.807, 2.05) is 0 Å². The molecular weight excluding hydrogens is 374 g/mol. The molecule has 0 saturated carbocycles. The van der Waals surface area contributed by atoms with Gasteiger partial charge in [-0.25, -0.2) is 4.79 Å². The van der Waals surface area contributed by atoms with E-state index in [2.05, 4.69) is 5.32 Å². The molecule has 1 rings (SSSR count). The first-order chi connectivity index (χ1) is 12.6. The molecule has 154 valence electrons. The van der Waals surface area contributed by atoms with Gasteiger partial charge < -0.3 is 19.5 Å². The lowest BCUT2D eigenvalue weighted by Crippen LogP contribution is -2.34. The highest BCUT2D eigenvalue weighted by atomic mass is 32.2. The molecule has 0 unspecified atom stereocenters. The molecule has 0 saturated heterocycles. The Bertz CT molecular complexity index is 683. The summed E-state index contributed by atoms with van der Waals surface area (Å²) >= 11 is 0. The zero-order chi connectivity index (χ0) is 20.3. The lowest BCUT2D eigenvalue weighted by Gasteiger charge is -2.19. The van der Waals surface area contributed by atoms with E-state index in [0.29, 0.717) is 31.9 Å². The van der Waals surface area contributed by atoms with Crippen molar-refractivity contribution in [3.63, 3.8) is 0 Å². The number of aryl methyl sites for hydroxylation is 1. The molecule has 0 aliphatic rings. The van der Waals surface area contributed by atoms with E-state index in [4.69, 9.17) is 18.4 Å². The SMILES string of the molecule is Cc1ccccc1S(=O)(=O)OCCOCCOCCNC(=O)OC(C)(C)C. The van der Waals surface area contributed by atoms with Crippen LogP contribution in [0.15, 0.2) is 29.2 Å². The van der Waals surface area contributed by atoms with Crippen molar-refractivity contribution in [3.05, 3.63) is 29.8 Å². The molecule has 0 aliphatic heterocycles. The molecule has 8 nitrogen and oxygen atoms in total. The minimum atomic E-state index is -3.78. The lowest BCUT2D eigenvalue weighted by atomic mass is 10.2. The van der Waals surface area contributed by atoms with Crippen molar-refractivity contribution in [2.75, 3.05) is 39.6 Å². The van der Waals surface area contributed by atoms with Gasteiger partial charge in [0.1, 0.15) is 5.60 Å². The summed E-state index contributed by atoms with van der Waals surface area (Å²) in [4.78, 5) is 11.6. The number of rotatable bonds is 11. The average molecular weight is 403 g/mol. The van der Waals surface area contributed by atoms with Crippen LogP contribution in [0.5, 0.6) is 0 Å². The number of hydrogen-bond acceptors (Lipinski definition) is 7. The number of alkyl carbamates (subject to hydrolysis) is 1. The molecule has 9 heteroatoms. The summed E-state index contributed by atoms with van der Waals surface area (Å²) in [6.45, 7) is 8.39. The first-order valence-corrected chi connectivity index (χ1v) is 10.1. The Morgan fingerprint density at radius 1 is 1.00 bits per heavy atom. The summed E-state index contributed by atoms with van der Waals surface area (Å²) in [5, 5.41) is 2.57. The standard InChI is InChI=1S/C18H29NO7S/c1-15-7-5-6-8-16(15)27(21,22)25-14-13-24-12-11-23-10-9-19-17(20)26-18(2,3)4/h5-8H,9-14H2,1-4H3,(H,19,20). The highest BCUT2D eigenvalue weighted by Crippen LogP contribution is 2.16. The van der Waals surface area contributed by atoms with Crippen molar-refractivity contribution in [3.8, 4) is 0 Å². The Morgan fingerprint density at radius 2 is 1.59 bits per heavy atom. The van der Waals surface area contributed by atoms with Crippen LogP contribution < -0.4 is 5.32 Å². The molecule has 0 spiro atoms. The quantitative estimate of drug-likeness (QED) is 0.447. The van der Waals surface area contributed by atoms with Crippen LogP contribution in [-0.2, 0) is 28.5 Å². The van der Waals surface area contributed by atoms with Gasteiger partial charge >= 0.3 is 6.09 Å². The van der Waals surface area contributed by atoms with Crippen LogP contribution in [0.2, 0.25) is 0 Å². The second kappa shape index (κ2) is 11.2. The third-order valence-corrected chi connectivity index (χ3v) is 4.59. The molecule has 0 fully saturated rings. The maximum Gasteiger partial charge on any atom is 0.407 e. The van der Waals surface area contributed by atoms with Crippen LogP contribution in [0.25, 0.3) is 0 Å². The number of nitrogens with one attached hydrogen (secondary N) is 1. The van der Waals surface area contributed by atoms with Gasteiger partial charge in [0, 0.05) is 6.54 Å². The number of ether oxygens (including phenoxy) is 3. The lowest BCUT2D eigenvalue weighted by molar-refractivity contribution is 0.0332. The maximum atomic E-state index is 12.1. The van der Waals surface area contributed by atoms with Gasteiger partial charge in [-0.3, -0.25) is 4.18 Å². The monoisotopic (exact) mass is 403 g/mol. The van der Waals surface area contributed by atoms with Crippen LogP contribution in [0.4, 0.5) is 4.79 Å². The zero-order valence-electron chi connectivity index (χ0n) is 16.3. The first kappa shape index (κ1) is 23.4. The highest BCUT2D eigenvalue weighted by molar-refractivity contribution is 7.86. The zero-order valence-corrected chi connectivity index (χ0v) is 17.1. The van der Waals surface area contributed by atoms with Gasteiger partial charge in [-0.05, 0) is 39.3 Å². The minimum Gasteiger partial charge on any atom is -0.444 e. The normalized spacial score (nSPS) is 12.0. The minimum absolute atomic E-state index is 0.0726. The van der Waals surface area contributed by atoms with Gasteiger partial charge in [0.05, 0.1) is 37.9 Å². The molecule has 0 atom stereocenters. The number of carbonyl (C=O) groups excluding carboxylic acids is 1. The van der Waals surface area contributed by atoms with Crippen LogP contribution in [0.3, 0.4) is 0 Å². The Balaban J connectivity index is 2.05. The van der Waals surface area contributed by atoms with Crippen molar-refractivity contribution < 1.29 is 31.6 Å². The first-order valence-electron chi connectivity index (χ1n) is 8.69. The number of benzene rings is 1. The number of amides is 1. The van der Waals surface area contributed by atoms with E-state index < -0.39 is 21.8 Å². The molecule has 0 bridgehead atoms. The van der Waals surface area contributed by atoms with Crippen molar-refractivity contribution in [1.29, 1.82) is 0 Å². The number of carbonyl (C=O) groups is 1. The Kier molecular flexibility index (Phi) is 9.71. The molecule has 1 N–H and O–H groups in total. The Labute approximate surface area is 161 Å². The molecule has 1 amide bonds. The second-order valence-corrected chi connectivity index (χ2v) is 8.28. The summed E-state index contributed by atoms with van der Waals surface area (Å²) in [5.41, 5.74) is 0.0971. The van der Waals surface area contributed by atoms with Gasteiger partial charge in [-0.1, -0.05) is 18.2 Å². The molecule has 0 heterocycles. The van der Waals surface area contributed by atoms with Crippen LogP contribution >= 0.6 is 0 Å². The van der Waals surface area contributed by atoms with Crippen LogP contribution in [0.1, 0.15) is 26.3 Å². The van der Waals surface area contributed by atoms with Crippen molar-refractivity contribution >= 4 is 16.2 Å². The summed E-state index contributed by atoms with van der Waals surface area (Å²) < 4.78 is 44.7. The third-order valence-electron chi connectivity index (χ3n) is 3.12. The van der Waals surface area contributed by atoms with Gasteiger partial charge in [-0.2, -0.15) is 8.42 Å². The van der Waals surface area contributed by atoms with E-state index >= 15 is 0 Å². The Hall–Kier alpha value is -1.68. The molecule has 0 radical (unpaired) electrons. The van der Waals surface area contributed by atoms with Crippen LogP contribution in [-0.4, -0.2) is 59.7 Å². The fourth-order valence-electron chi connectivity index (χ4n) is 1.96. The predicted octanol–water partition coefficient (Wildman–Crippen LogP) is 2.26. The number of hydrogen-bond donors (Lipinski definition) is 1. The van der Waals surface area contributed by atoms with Crippen molar-refractivity contribution in [1.82, 2.24) is 5.32 Å². The van der Waals surface area contributed by atoms with E-state index in [1.54, 1.807) is 45.9 Å². The van der Waals surface area contributed by atoms with E-state index in [0.717, 1.165) is 0 Å².